The molecule has 0 bridgehead atoms. The number of ether oxygens (including phenoxy) is 3. The first kappa shape index (κ1) is 17.6. The monoisotopic (exact) mass is 306 g/mol. The van der Waals surface area contributed by atoms with E-state index in [1.54, 1.807) is 36.4 Å². The first-order valence-electron chi connectivity index (χ1n) is 6.32. The van der Waals surface area contributed by atoms with Crippen LogP contribution in [0, 0.1) is 17.2 Å². The Bertz CT molecular complexity index is 561. The maximum Gasteiger partial charge on any atom is 0.367 e. The molecule has 7 nitrogen and oxygen atoms in total. The lowest BCUT2D eigenvalue weighted by atomic mass is 9.80. The second-order valence-corrected chi connectivity index (χ2v) is 4.38. The van der Waals surface area contributed by atoms with E-state index in [0.29, 0.717) is 5.56 Å². The second-order valence-electron chi connectivity index (χ2n) is 4.38. The van der Waals surface area contributed by atoms with Crippen LogP contribution in [0.2, 0.25) is 0 Å². The molecular formula is C15H16NO6-. The number of esters is 1. The molecule has 0 amide bonds. The summed E-state index contributed by atoms with van der Waals surface area (Å²) in [6.07, 6.45) is 0. The molecule has 22 heavy (non-hydrogen) atoms. The van der Waals surface area contributed by atoms with Crippen molar-refractivity contribution in [3.63, 3.8) is 0 Å². The summed E-state index contributed by atoms with van der Waals surface area (Å²) in [5.41, 5.74) is 0.368. The highest BCUT2D eigenvalue weighted by Gasteiger charge is 2.53. The Morgan fingerprint density at radius 1 is 1.18 bits per heavy atom. The minimum Gasteiger partial charge on any atom is -0.549 e. The number of aliphatic carboxylic acids is 1. The molecule has 0 spiro atoms. The van der Waals surface area contributed by atoms with E-state index in [9.17, 15) is 20.0 Å². The third kappa shape index (κ3) is 3.08. The fourth-order valence-electron chi connectivity index (χ4n) is 2.33. The molecule has 0 saturated carbocycles. The molecule has 2 atom stereocenters. The number of benzene rings is 1. The summed E-state index contributed by atoms with van der Waals surface area (Å²) in [5.74, 6) is -7.63. The first-order chi connectivity index (χ1) is 10.5. The van der Waals surface area contributed by atoms with Gasteiger partial charge in [-0.3, -0.25) is 0 Å². The van der Waals surface area contributed by atoms with E-state index in [2.05, 4.69) is 4.74 Å². The molecule has 7 heteroatoms. The van der Waals surface area contributed by atoms with Gasteiger partial charge in [0.25, 0.3) is 5.79 Å². The topological polar surface area (TPSA) is 109 Å². The molecule has 0 aliphatic heterocycles. The molecule has 0 radical (unpaired) electrons. The molecule has 1 aromatic carbocycles. The van der Waals surface area contributed by atoms with Gasteiger partial charge in [-0.15, -0.1) is 0 Å². The van der Waals surface area contributed by atoms with Crippen molar-refractivity contribution in [2.45, 2.75) is 11.7 Å². The Hall–Kier alpha value is -2.43. The van der Waals surface area contributed by atoms with Gasteiger partial charge >= 0.3 is 5.97 Å². The third-order valence-corrected chi connectivity index (χ3v) is 3.37. The van der Waals surface area contributed by atoms with E-state index in [4.69, 9.17) is 9.47 Å². The zero-order valence-corrected chi connectivity index (χ0v) is 12.4. The highest BCUT2D eigenvalue weighted by atomic mass is 16.7. The zero-order valence-electron chi connectivity index (χ0n) is 12.4. The number of carboxylic acids is 1. The van der Waals surface area contributed by atoms with Crippen molar-refractivity contribution in [2.75, 3.05) is 21.3 Å². The van der Waals surface area contributed by atoms with Crippen LogP contribution in [0.5, 0.6) is 0 Å². The SMILES string of the molecule is COC(=O)C(OC)(OC)[C@H](c1ccccc1)[C@H](C#N)C(=O)[O-]. The van der Waals surface area contributed by atoms with Crippen LogP contribution in [0.25, 0.3) is 0 Å². The van der Waals surface area contributed by atoms with Crippen LogP contribution in [0.1, 0.15) is 11.5 Å². The van der Waals surface area contributed by atoms with Gasteiger partial charge in [0.2, 0.25) is 0 Å². The van der Waals surface area contributed by atoms with Gasteiger partial charge in [0.05, 0.1) is 31.0 Å². The van der Waals surface area contributed by atoms with E-state index in [1.807, 2.05) is 0 Å². The second kappa shape index (κ2) is 7.54. The molecule has 0 aliphatic rings. The largest absolute Gasteiger partial charge is 0.549 e. The van der Waals surface area contributed by atoms with E-state index >= 15 is 0 Å². The smallest absolute Gasteiger partial charge is 0.367 e. The summed E-state index contributed by atoms with van der Waals surface area (Å²) in [4.78, 5) is 23.5. The quantitative estimate of drug-likeness (QED) is 0.508. The van der Waals surface area contributed by atoms with Gasteiger partial charge in [-0.05, 0) is 5.56 Å². The molecule has 0 saturated heterocycles. The van der Waals surface area contributed by atoms with Crippen LogP contribution < -0.4 is 5.11 Å². The third-order valence-electron chi connectivity index (χ3n) is 3.37. The minimum atomic E-state index is -2.09. The molecule has 1 rings (SSSR count). The Morgan fingerprint density at radius 3 is 2.09 bits per heavy atom. The summed E-state index contributed by atoms with van der Waals surface area (Å²) in [5, 5.41) is 20.5. The number of nitriles is 1. The summed E-state index contributed by atoms with van der Waals surface area (Å²) in [6, 6.07) is 9.73. The van der Waals surface area contributed by atoms with Crippen molar-refractivity contribution in [3.8, 4) is 6.07 Å². The fraction of sp³-hybridized carbons (Fsp3) is 0.400. The van der Waals surface area contributed by atoms with Crippen molar-refractivity contribution >= 4 is 11.9 Å². The lowest BCUT2D eigenvalue weighted by Crippen LogP contribution is -2.53. The molecule has 1 aromatic rings. The normalized spacial score (nSPS) is 13.7. The van der Waals surface area contributed by atoms with Crippen molar-refractivity contribution in [1.29, 1.82) is 5.26 Å². The summed E-state index contributed by atoms with van der Waals surface area (Å²) in [6.45, 7) is 0. The molecular weight excluding hydrogens is 290 g/mol. The number of hydrogen-bond donors (Lipinski definition) is 0. The molecule has 0 aliphatic carbocycles. The van der Waals surface area contributed by atoms with Crippen LogP contribution >= 0.6 is 0 Å². The van der Waals surface area contributed by atoms with Gasteiger partial charge in [0, 0.05) is 14.2 Å². The fourth-order valence-corrected chi connectivity index (χ4v) is 2.33. The summed E-state index contributed by atoms with van der Waals surface area (Å²) < 4.78 is 15.0. The average molecular weight is 306 g/mol. The highest BCUT2D eigenvalue weighted by molar-refractivity contribution is 5.82. The zero-order chi connectivity index (χ0) is 16.8. The Morgan fingerprint density at radius 2 is 1.73 bits per heavy atom. The Kier molecular flexibility index (Phi) is 6.04. The Labute approximate surface area is 128 Å². The van der Waals surface area contributed by atoms with Crippen molar-refractivity contribution in [3.05, 3.63) is 35.9 Å². The van der Waals surface area contributed by atoms with Crippen molar-refractivity contribution in [2.24, 2.45) is 5.92 Å². The average Bonchev–Trinajstić information content (AvgIpc) is 2.55. The number of nitrogens with zero attached hydrogens (tertiary/aromatic N) is 1. The predicted octanol–water partition coefficient (Wildman–Crippen LogP) is -0.178. The number of hydrogen-bond acceptors (Lipinski definition) is 7. The molecule has 0 aromatic heterocycles. The van der Waals surface area contributed by atoms with E-state index in [-0.39, 0.29) is 0 Å². The number of methoxy groups -OCH3 is 3. The van der Waals surface area contributed by atoms with Crippen LogP contribution in [-0.2, 0) is 23.8 Å². The molecule has 0 N–H and O–H groups in total. The van der Waals surface area contributed by atoms with Gasteiger partial charge in [0.15, 0.2) is 0 Å². The van der Waals surface area contributed by atoms with Crippen molar-refractivity contribution < 1.29 is 28.9 Å². The first-order valence-corrected chi connectivity index (χ1v) is 6.32. The Balaban J connectivity index is 3.57. The van der Waals surface area contributed by atoms with Crippen LogP contribution in [0.3, 0.4) is 0 Å². The van der Waals surface area contributed by atoms with Crippen molar-refractivity contribution in [1.82, 2.24) is 0 Å². The lowest BCUT2D eigenvalue weighted by molar-refractivity contribution is -0.314. The van der Waals surface area contributed by atoms with E-state index < -0.39 is 29.6 Å². The van der Waals surface area contributed by atoms with Gasteiger partial charge in [-0.25, -0.2) is 4.79 Å². The maximum atomic E-state index is 12.2. The minimum absolute atomic E-state index is 0.368. The molecule has 0 fully saturated rings. The van der Waals surface area contributed by atoms with E-state index in [1.165, 1.54) is 14.2 Å². The van der Waals surface area contributed by atoms with Crippen LogP contribution in [0.4, 0.5) is 0 Å². The summed E-state index contributed by atoms with van der Waals surface area (Å²) in [7, 11) is 3.44. The lowest BCUT2D eigenvalue weighted by Gasteiger charge is -2.38. The highest BCUT2D eigenvalue weighted by Crippen LogP contribution is 2.39. The van der Waals surface area contributed by atoms with Gasteiger partial charge in [0.1, 0.15) is 0 Å². The van der Waals surface area contributed by atoms with Crippen LogP contribution in [0.15, 0.2) is 30.3 Å². The van der Waals surface area contributed by atoms with Crippen LogP contribution in [-0.4, -0.2) is 39.1 Å². The standard InChI is InChI=1S/C15H17NO6/c1-20-14(19)15(21-2,22-3)12(11(9-16)13(17)18)10-7-5-4-6-8-10/h4-8,11-12H,1-3H3,(H,17,18)/p-1/t11-,12+/m0/s1. The molecule has 0 unspecified atom stereocenters. The maximum absolute atomic E-state index is 12.2. The number of carboxylic acid groups (broad SMARTS) is 1. The van der Waals surface area contributed by atoms with Gasteiger partial charge in [-0.1, -0.05) is 30.3 Å². The van der Waals surface area contributed by atoms with Gasteiger partial charge < -0.3 is 24.1 Å². The summed E-state index contributed by atoms with van der Waals surface area (Å²) >= 11 is 0. The molecule has 0 heterocycles. The molecule has 118 valence electrons. The number of rotatable bonds is 7. The number of carbonyl (C=O) groups is 2. The van der Waals surface area contributed by atoms with Gasteiger partial charge in [-0.2, -0.15) is 5.26 Å². The van der Waals surface area contributed by atoms with E-state index in [0.717, 1.165) is 7.11 Å². The predicted molar refractivity (Wildman–Crippen MR) is 72.1 cm³/mol. The number of carbonyl (C=O) groups excluding carboxylic acids is 2.